The van der Waals surface area contributed by atoms with E-state index >= 15 is 4.79 Å². The van der Waals surface area contributed by atoms with Crippen LogP contribution in [0.25, 0.3) is 21.6 Å². The summed E-state index contributed by atoms with van der Waals surface area (Å²) >= 11 is 1.48. The lowest BCUT2D eigenvalue weighted by Crippen LogP contribution is -2.58. The van der Waals surface area contributed by atoms with Gasteiger partial charge >= 0.3 is 5.97 Å². The number of ether oxygens (including phenoxy) is 3. The molecular weight excluding hydrogens is 857 g/mol. The Hall–Kier alpha value is -5.55. The Morgan fingerprint density at radius 3 is 2.55 bits per heavy atom. The molecule has 4 aliphatic rings. The van der Waals surface area contributed by atoms with Crippen LogP contribution in [0.4, 0.5) is 5.69 Å². The molecule has 17 heteroatoms. The van der Waals surface area contributed by atoms with Crippen LogP contribution in [0, 0.1) is 12.8 Å². The highest BCUT2D eigenvalue weighted by molar-refractivity contribution is 7.91. The van der Waals surface area contributed by atoms with Crippen LogP contribution in [-0.2, 0) is 29.1 Å². The van der Waals surface area contributed by atoms with Crippen LogP contribution < -0.4 is 24.8 Å². The Morgan fingerprint density at radius 1 is 1.03 bits per heavy atom. The monoisotopic (exact) mass is 912 g/mol. The number of methoxy groups -OCH3 is 2. The number of hydrogen-bond acceptors (Lipinski definition) is 13. The van der Waals surface area contributed by atoms with Crippen molar-refractivity contribution in [3.63, 3.8) is 0 Å². The molecule has 3 amide bonds. The van der Waals surface area contributed by atoms with Gasteiger partial charge in [-0.25, -0.2) is 23.2 Å². The highest BCUT2D eigenvalue weighted by atomic mass is 32.2. The lowest BCUT2D eigenvalue weighted by molar-refractivity contribution is -0.140. The third-order valence-electron chi connectivity index (χ3n) is 13.1. The number of esters is 1. The van der Waals surface area contributed by atoms with Gasteiger partial charge in [-0.1, -0.05) is 44.9 Å². The van der Waals surface area contributed by atoms with Gasteiger partial charge in [0.05, 0.1) is 42.3 Å². The fourth-order valence-corrected chi connectivity index (χ4v) is 10.9. The van der Waals surface area contributed by atoms with Gasteiger partial charge in [0, 0.05) is 40.4 Å². The van der Waals surface area contributed by atoms with Crippen LogP contribution in [-0.4, -0.2) is 96.2 Å². The van der Waals surface area contributed by atoms with Crippen molar-refractivity contribution in [1.29, 1.82) is 0 Å². The van der Waals surface area contributed by atoms with Gasteiger partial charge in [0.2, 0.25) is 21.8 Å². The molecule has 2 saturated carbocycles. The molecule has 15 nitrogen and oxygen atoms in total. The van der Waals surface area contributed by atoms with E-state index in [-0.39, 0.29) is 31.2 Å². The lowest BCUT2D eigenvalue weighted by Gasteiger charge is -2.30. The Bertz CT molecular complexity index is 2630. The molecule has 5 atom stereocenters. The van der Waals surface area contributed by atoms with Crippen LogP contribution in [0.2, 0.25) is 0 Å². The van der Waals surface area contributed by atoms with Gasteiger partial charge in [-0.3, -0.25) is 19.1 Å². The fourth-order valence-electron chi connectivity index (χ4n) is 8.66. The van der Waals surface area contributed by atoms with E-state index < -0.39 is 62.2 Å². The number of sulfonamides is 1. The zero-order valence-corrected chi connectivity index (χ0v) is 38.7. The van der Waals surface area contributed by atoms with Crippen molar-refractivity contribution in [2.45, 2.75) is 120 Å². The summed E-state index contributed by atoms with van der Waals surface area (Å²) in [6, 6.07) is 10.4. The summed E-state index contributed by atoms with van der Waals surface area (Å²) in [5, 5.41) is 9.77. The molecule has 3 N–H and O–H groups in total. The second-order valence-corrected chi connectivity index (χ2v) is 21.1. The molecule has 8 rings (SSSR count). The van der Waals surface area contributed by atoms with Crippen molar-refractivity contribution in [3.8, 4) is 22.2 Å². The number of hydrogen-bond donors (Lipinski definition) is 3. The van der Waals surface area contributed by atoms with Crippen LogP contribution in [0.1, 0.15) is 106 Å². The maximum absolute atomic E-state index is 15.1. The first kappa shape index (κ1) is 45.0. The van der Waals surface area contributed by atoms with Crippen LogP contribution >= 0.6 is 11.3 Å². The van der Waals surface area contributed by atoms with Gasteiger partial charge in [-0.2, -0.15) is 0 Å². The molecule has 0 spiro atoms. The number of allylic oxidation sites excluding steroid dienone is 1. The van der Waals surface area contributed by atoms with Crippen molar-refractivity contribution >= 4 is 61.6 Å². The summed E-state index contributed by atoms with van der Waals surface area (Å²) in [5.41, 5.74) is 2.32. The number of nitrogens with zero attached hydrogens (tertiary/aromatic N) is 3. The number of rotatable bonds is 11. The Balaban J connectivity index is 1.16. The third-order valence-corrected chi connectivity index (χ3v) is 16.1. The minimum absolute atomic E-state index is 0.0234. The second kappa shape index (κ2) is 17.8. The molecule has 2 aromatic heterocycles. The topological polar surface area (TPSA) is 195 Å². The summed E-state index contributed by atoms with van der Waals surface area (Å²) < 4.78 is 45.4. The zero-order chi connectivity index (χ0) is 45.6. The number of carbonyl (C=O) groups is 4. The smallest absolute Gasteiger partial charge is 0.337 e. The molecule has 4 aromatic rings. The number of anilines is 1. The minimum atomic E-state index is -4.01. The molecule has 2 aliphatic carbocycles. The number of aromatic nitrogens is 2. The Morgan fingerprint density at radius 2 is 1.83 bits per heavy atom. The number of fused-ring (bicyclic) bond motifs is 3. The van der Waals surface area contributed by atoms with E-state index in [2.05, 4.69) is 29.2 Å². The molecular formula is C47H56N6O9S2. The number of nitrogens with one attached hydrogen (secondary N) is 3. The molecule has 2 aliphatic heterocycles. The number of amides is 3. The van der Waals surface area contributed by atoms with Crippen molar-refractivity contribution in [3.05, 3.63) is 76.8 Å². The first-order chi connectivity index (χ1) is 30.6. The molecule has 4 heterocycles. The van der Waals surface area contributed by atoms with Gasteiger partial charge in [0.1, 0.15) is 45.9 Å². The van der Waals surface area contributed by atoms with Gasteiger partial charge in [-0.05, 0) is 88.6 Å². The summed E-state index contributed by atoms with van der Waals surface area (Å²) in [5.74, 6) is -1.34. The summed E-state index contributed by atoms with van der Waals surface area (Å²) in [6.45, 7) is 7.71. The van der Waals surface area contributed by atoms with Gasteiger partial charge in [0.15, 0.2) is 0 Å². The van der Waals surface area contributed by atoms with Crippen molar-refractivity contribution in [2.24, 2.45) is 5.92 Å². The van der Waals surface area contributed by atoms with Crippen LogP contribution in [0.3, 0.4) is 0 Å². The van der Waals surface area contributed by atoms with E-state index in [1.807, 2.05) is 42.7 Å². The predicted octanol–water partition coefficient (Wildman–Crippen LogP) is 6.81. The highest BCUT2D eigenvalue weighted by Gasteiger charge is 2.63. The van der Waals surface area contributed by atoms with Crippen LogP contribution in [0.15, 0.2) is 60.0 Å². The molecule has 3 fully saturated rings. The zero-order valence-electron chi connectivity index (χ0n) is 37.1. The highest BCUT2D eigenvalue weighted by Crippen LogP contribution is 2.48. The molecule has 0 bridgehead atoms. The van der Waals surface area contributed by atoms with E-state index in [1.54, 1.807) is 38.3 Å². The standard InChI is InChI=1S/C47H56N6O9S2/c1-27(2)36-26-63-42(50-36)35-23-39(33-17-18-38(60-5)28(3)40(33)49-35)62-32-22-37-41(54)51-47(45(57)52-64(58,59)46(4)19-20-46)24-30(47)14-10-8-7-9-11-16-34(43(55)53(37)25-32)48-31-15-12-13-29(21-31)44(56)61-6/h10,12-15,17-18,21,23,26-27,30,32,34,37,48H,7-9,11,16,19-20,22,24-25H2,1-6H3,(H,51,54)(H,52,57)/b14-10-/t30-,32-,34+,37+,47-/m1/s1. The van der Waals surface area contributed by atoms with Crippen LogP contribution in [0.5, 0.6) is 11.5 Å². The van der Waals surface area contributed by atoms with Crippen molar-refractivity contribution in [2.75, 3.05) is 26.1 Å². The summed E-state index contributed by atoms with van der Waals surface area (Å²) in [4.78, 5) is 67.8. The Labute approximate surface area is 377 Å². The lowest BCUT2D eigenvalue weighted by atomic mass is 10.0. The minimum Gasteiger partial charge on any atom is -0.496 e. The van der Waals surface area contributed by atoms with Gasteiger partial charge in [0.25, 0.3) is 5.91 Å². The average Bonchev–Trinajstić information content (AvgIpc) is 4.05. The number of benzene rings is 2. The number of thiazole rings is 1. The van der Waals surface area contributed by atoms with E-state index in [4.69, 9.17) is 24.2 Å². The molecule has 2 aromatic carbocycles. The van der Waals surface area contributed by atoms with Crippen molar-refractivity contribution in [1.82, 2.24) is 24.9 Å². The third kappa shape index (κ3) is 8.93. The fraction of sp³-hybridized carbons (Fsp3) is 0.489. The molecule has 64 heavy (non-hydrogen) atoms. The Kier molecular flexibility index (Phi) is 12.5. The molecule has 0 unspecified atom stereocenters. The number of aryl methyl sites for hydroxylation is 1. The van der Waals surface area contributed by atoms with E-state index in [9.17, 15) is 22.8 Å². The largest absolute Gasteiger partial charge is 0.496 e. The molecule has 0 radical (unpaired) electrons. The van der Waals surface area contributed by atoms with Gasteiger partial charge < -0.3 is 29.7 Å². The number of pyridine rings is 1. The van der Waals surface area contributed by atoms with Crippen molar-refractivity contribution < 1.29 is 41.8 Å². The first-order valence-electron chi connectivity index (χ1n) is 22.0. The first-order valence-corrected chi connectivity index (χ1v) is 24.3. The van der Waals surface area contributed by atoms with E-state index in [1.165, 1.54) is 23.3 Å². The van der Waals surface area contributed by atoms with Gasteiger partial charge in [-0.15, -0.1) is 11.3 Å². The normalized spacial score (nSPS) is 25.0. The maximum atomic E-state index is 15.1. The quantitative estimate of drug-likeness (QED) is 0.105. The summed E-state index contributed by atoms with van der Waals surface area (Å²) in [6.07, 6.45) is 7.77. The molecule has 340 valence electrons. The van der Waals surface area contributed by atoms with E-state index in [0.29, 0.717) is 76.5 Å². The predicted molar refractivity (Wildman–Crippen MR) is 244 cm³/mol. The number of carbonyl (C=O) groups excluding carboxylic acids is 4. The molecule has 1 saturated heterocycles. The summed E-state index contributed by atoms with van der Waals surface area (Å²) in [7, 11) is -1.11. The van der Waals surface area contributed by atoms with E-state index in [0.717, 1.165) is 24.1 Å². The maximum Gasteiger partial charge on any atom is 0.337 e. The second-order valence-electron chi connectivity index (χ2n) is 18.0. The average molecular weight is 913 g/mol. The SMILES string of the molecule is COC(=O)c1cccc(N[C@H]2CCCCC/C=C\[C@@H]3C[C@@]3(C(=O)NS(=O)(=O)C3(C)CC3)NC(=O)[C@@H]3C[C@@H](Oc4cc(-c5nc(C(C)C)cs5)nc5c(C)c(OC)ccc45)CN3C2=O)c1.